The number of carbonyl (C=O) groups is 1. The Kier molecular flexibility index (Phi) is 4.94. The molecule has 1 aromatic carbocycles. The predicted octanol–water partition coefficient (Wildman–Crippen LogP) is 2.76. The number of rotatable bonds is 6. The Balaban J connectivity index is 2.00. The van der Waals surface area contributed by atoms with Gasteiger partial charge in [0.2, 0.25) is 0 Å². The van der Waals surface area contributed by atoms with Crippen molar-refractivity contribution in [2.75, 3.05) is 11.9 Å². The van der Waals surface area contributed by atoms with Crippen LogP contribution in [0.15, 0.2) is 41.0 Å². The zero-order chi connectivity index (χ0) is 15.2. The molecule has 5 nitrogen and oxygen atoms in total. The summed E-state index contributed by atoms with van der Waals surface area (Å²) in [5, 5.41) is 2.81. The average molecular weight is 304 g/mol. The van der Waals surface area contributed by atoms with Crippen LogP contribution in [0.2, 0.25) is 0 Å². The third-order valence-electron chi connectivity index (χ3n) is 2.80. The molecule has 0 fully saturated rings. The van der Waals surface area contributed by atoms with Gasteiger partial charge >= 0.3 is 0 Å². The van der Waals surface area contributed by atoms with Gasteiger partial charge in [0.25, 0.3) is 5.91 Å². The van der Waals surface area contributed by atoms with Gasteiger partial charge in [-0.2, -0.15) is 0 Å². The summed E-state index contributed by atoms with van der Waals surface area (Å²) in [5.41, 5.74) is 6.58. The van der Waals surface area contributed by atoms with E-state index in [9.17, 15) is 4.79 Å². The summed E-state index contributed by atoms with van der Waals surface area (Å²) in [4.78, 5) is 12.4. The zero-order valence-electron chi connectivity index (χ0n) is 11.6. The van der Waals surface area contributed by atoms with Crippen LogP contribution in [-0.4, -0.2) is 17.5 Å². The molecule has 1 heterocycles. The maximum Gasteiger partial charge on any atom is 0.259 e. The lowest BCUT2D eigenvalue weighted by Gasteiger charge is -2.07. The molecular weight excluding hydrogens is 288 g/mol. The van der Waals surface area contributed by atoms with E-state index in [0.29, 0.717) is 34.2 Å². The first-order valence-electron chi connectivity index (χ1n) is 6.49. The monoisotopic (exact) mass is 304 g/mol. The highest BCUT2D eigenvalue weighted by Gasteiger charge is 2.13. The third kappa shape index (κ3) is 4.06. The Bertz CT molecular complexity index is 635. The first-order valence-corrected chi connectivity index (χ1v) is 6.90. The number of ether oxygens (including phenoxy) is 1. The van der Waals surface area contributed by atoms with Gasteiger partial charge < -0.3 is 20.2 Å². The summed E-state index contributed by atoms with van der Waals surface area (Å²) in [5.74, 6) is 1.11. The van der Waals surface area contributed by atoms with Gasteiger partial charge in [-0.25, -0.2) is 0 Å². The molecule has 0 aliphatic rings. The van der Waals surface area contributed by atoms with Gasteiger partial charge in [-0.05, 0) is 30.3 Å². The summed E-state index contributed by atoms with van der Waals surface area (Å²) >= 11 is 4.73. The summed E-state index contributed by atoms with van der Waals surface area (Å²) < 4.78 is 10.6. The number of hydrogen-bond acceptors (Lipinski definition) is 4. The maximum absolute atomic E-state index is 12.1. The molecule has 3 N–H and O–H groups in total. The average Bonchev–Trinajstić information content (AvgIpc) is 2.95. The fourth-order valence-corrected chi connectivity index (χ4v) is 1.86. The Morgan fingerprint density at radius 1 is 1.33 bits per heavy atom. The molecule has 0 saturated heterocycles. The molecule has 2 rings (SSSR count). The van der Waals surface area contributed by atoms with Gasteiger partial charge in [0.1, 0.15) is 23.1 Å². The number of anilines is 1. The number of hydrogen-bond donors (Lipinski definition) is 2. The van der Waals surface area contributed by atoms with Crippen LogP contribution in [0, 0.1) is 0 Å². The number of nitrogens with one attached hydrogen (secondary N) is 1. The van der Waals surface area contributed by atoms with Crippen molar-refractivity contribution in [3.8, 4) is 5.75 Å². The van der Waals surface area contributed by atoms with E-state index < -0.39 is 0 Å². The highest BCUT2D eigenvalue weighted by atomic mass is 32.1. The molecule has 110 valence electrons. The van der Waals surface area contributed by atoms with Gasteiger partial charge in [-0.15, -0.1) is 0 Å². The number of furan rings is 1. The summed E-state index contributed by atoms with van der Waals surface area (Å²) in [6.07, 6.45) is 2.18. The molecule has 0 aliphatic heterocycles. The number of nitrogens with two attached hydrogens (primary N) is 1. The fourth-order valence-electron chi connectivity index (χ4n) is 1.80. The predicted molar refractivity (Wildman–Crippen MR) is 84.8 cm³/mol. The largest absolute Gasteiger partial charge is 0.487 e. The Hall–Kier alpha value is -2.34. The van der Waals surface area contributed by atoms with Crippen LogP contribution in [0.3, 0.4) is 0 Å². The van der Waals surface area contributed by atoms with E-state index in [1.165, 1.54) is 6.26 Å². The molecule has 0 saturated carbocycles. The molecule has 1 amide bonds. The van der Waals surface area contributed by atoms with Crippen LogP contribution in [0.4, 0.5) is 5.69 Å². The number of aryl methyl sites for hydroxylation is 1. The molecule has 0 radical (unpaired) electrons. The van der Waals surface area contributed by atoms with Crippen LogP contribution in [-0.2, 0) is 6.42 Å². The first-order chi connectivity index (χ1) is 10.1. The SMILES string of the molecule is CCc1occc1C(=O)Nc1ccc(OCC(N)=S)cc1. The van der Waals surface area contributed by atoms with Crippen LogP contribution < -0.4 is 15.8 Å². The second-order valence-electron chi connectivity index (χ2n) is 4.34. The maximum atomic E-state index is 12.1. The van der Waals surface area contributed by atoms with E-state index >= 15 is 0 Å². The van der Waals surface area contributed by atoms with Crippen molar-refractivity contribution in [2.45, 2.75) is 13.3 Å². The van der Waals surface area contributed by atoms with E-state index in [-0.39, 0.29) is 12.5 Å². The molecule has 0 aliphatic carbocycles. The van der Waals surface area contributed by atoms with Crippen molar-refractivity contribution in [3.63, 3.8) is 0 Å². The summed E-state index contributed by atoms with van der Waals surface area (Å²) in [6.45, 7) is 2.12. The van der Waals surface area contributed by atoms with Gasteiger partial charge in [-0.3, -0.25) is 4.79 Å². The van der Waals surface area contributed by atoms with E-state index in [1.54, 1.807) is 30.3 Å². The van der Waals surface area contributed by atoms with Crippen molar-refractivity contribution in [2.24, 2.45) is 5.73 Å². The minimum atomic E-state index is -0.197. The van der Waals surface area contributed by atoms with Crippen LogP contribution in [0.25, 0.3) is 0 Å². The quantitative estimate of drug-likeness (QED) is 0.802. The highest BCUT2D eigenvalue weighted by Crippen LogP contribution is 2.18. The molecular formula is C15H16N2O3S. The van der Waals surface area contributed by atoms with Gasteiger partial charge in [0.05, 0.1) is 11.8 Å². The third-order valence-corrected chi connectivity index (χ3v) is 2.92. The second kappa shape index (κ2) is 6.90. The van der Waals surface area contributed by atoms with Gasteiger partial charge in [-0.1, -0.05) is 19.1 Å². The minimum absolute atomic E-state index is 0.190. The van der Waals surface area contributed by atoms with E-state index in [0.717, 1.165) is 0 Å². The molecule has 1 aromatic heterocycles. The fraction of sp³-hybridized carbons (Fsp3) is 0.200. The molecule has 0 spiro atoms. The van der Waals surface area contributed by atoms with E-state index in [2.05, 4.69) is 5.32 Å². The van der Waals surface area contributed by atoms with Crippen molar-refractivity contribution in [1.82, 2.24) is 0 Å². The molecule has 6 heteroatoms. The lowest BCUT2D eigenvalue weighted by Crippen LogP contribution is -2.17. The smallest absolute Gasteiger partial charge is 0.259 e. The number of thiocarbonyl (C=S) groups is 1. The summed E-state index contributed by atoms with van der Waals surface area (Å²) in [6, 6.07) is 8.64. The van der Waals surface area contributed by atoms with Crippen LogP contribution in [0.1, 0.15) is 23.0 Å². The Morgan fingerprint density at radius 3 is 2.67 bits per heavy atom. The Labute approximate surface area is 128 Å². The van der Waals surface area contributed by atoms with Crippen LogP contribution >= 0.6 is 12.2 Å². The van der Waals surface area contributed by atoms with Crippen molar-refractivity contribution >= 4 is 28.8 Å². The van der Waals surface area contributed by atoms with E-state index in [4.69, 9.17) is 27.1 Å². The molecule has 21 heavy (non-hydrogen) atoms. The standard InChI is InChI=1S/C15H16N2O3S/c1-2-13-12(7-8-19-13)15(18)17-10-3-5-11(6-4-10)20-9-14(16)21/h3-8H,2,9H2,1H3,(H2,16,21)(H,17,18). The molecule has 0 bridgehead atoms. The second-order valence-corrected chi connectivity index (χ2v) is 4.87. The van der Waals surface area contributed by atoms with Crippen molar-refractivity contribution in [1.29, 1.82) is 0 Å². The van der Waals surface area contributed by atoms with E-state index in [1.807, 2.05) is 6.92 Å². The molecule has 0 unspecified atom stereocenters. The van der Waals surface area contributed by atoms with Crippen molar-refractivity contribution < 1.29 is 13.9 Å². The highest BCUT2D eigenvalue weighted by molar-refractivity contribution is 7.80. The topological polar surface area (TPSA) is 77.5 Å². The molecule has 0 atom stereocenters. The zero-order valence-corrected chi connectivity index (χ0v) is 12.4. The normalized spacial score (nSPS) is 10.1. The lowest BCUT2D eigenvalue weighted by molar-refractivity contribution is 0.102. The lowest BCUT2D eigenvalue weighted by atomic mass is 10.2. The van der Waals surface area contributed by atoms with Crippen LogP contribution in [0.5, 0.6) is 5.75 Å². The number of carbonyl (C=O) groups excluding carboxylic acids is 1. The number of amides is 1. The van der Waals surface area contributed by atoms with Gasteiger partial charge in [0, 0.05) is 12.1 Å². The van der Waals surface area contributed by atoms with Gasteiger partial charge in [0.15, 0.2) is 0 Å². The minimum Gasteiger partial charge on any atom is -0.487 e. The first kappa shape index (κ1) is 15.1. The summed E-state index contributed by atoms with van der Waals surface area (Å²) in [7, 11) is 0. The number of benzene rings is 1. The Morgan fingerprint density at radius 2 is 2.05 bits per heavy atom. The molecule has 2 aromatic rings. The van der Waals surface area contributed by atoms with Crippen molar-refractivity contribution in [3.05, 3.63) is 47.9 Å².